The minimum atomic E-state index is -0.557. The zero-order valence-electron chi connectivity index (χ0n) is 11.9. The van der Waals surface area contributed by atoms with E-state index in [2.05, 4.69) is 15.5 Å². The number of rotatable bonds is 5. The van der Waals surface area contributed by atoms with Gasteiger partial charge < -0.3 is 19.0 Å². The maximum atomic E-state index is 12.0. The molecule has 0 fully saturated rings. The average Bonchev–Trinajstić information content (AvgIpc) is 2.96. The Hall–Kier alpha value is -2.64. The van der Waals surface area contributed by atoms with Gasteiger partial charge in [-0.05, 0) is 6.92 Å². The molecule has 2 rings (SSSR count). The first kappa shape index (κ1) is 14.8. The zero-order chi connectivity index (χ0) is 15.4. The summed E-state index contributed by atoms with van der Waals surface area (Å²) in [5.41, 5.74) is -0.437. The van der Waals surface area contributed by atoms with E-state index in [1.165, 1.54) is 7.11 Å². The molecule has 1 amide bonds. The summed E-state index contributed by atoms with van der Waals surface area (Å²) in [4.78, 5) is 27.7. The van der Waals surface area contributed by atoms with E-state index in [0.29, 0.717) is 12.2 Å². The van der Waals surface area contributed by atoms with Crippen molar-refractivity contribution in [2.24, 2.45) is 0 Å². The lowest BCUT2D eigenvalue weighted by Gasteiger charge is -2.08. The summed E-state index contributed by atoms with van der Waals surface area (Å²) in [5, 5.41) is 6.35. The van der Waals surface area contributed by atoms with E-state index in [0.717, 1.165) is 12.3 Å². The highest BCUT2D eigenvalue weighted by molar-refractivity contribution is 5.91. The van der Waals surface area contributed by atoms with Crippen LogP contribution in [0.4, 0.5) is 0 Å². The van der Waals surface area contributed by atoms with Gasteiger partial charge in [0.05, 0.1) is 7.11 Å². The topological polar surface area (TPSA) is 107 Å². The van der Waals surface area contributed by atoms with E-state index in [-0.39, 0.29) is 17.4 Å². The standard InChI is InChI=1S/C13H15N3O5/c1-4-11-15-13(21-16-11)7(2)14-12(18)9-5-8(17)10(19-3)6-20-9/h5-7H,4H2,1-3H3,(H,14,18). The van der Waals surface area contributed by atoms with Gasteiger partial charge in [-0.2, -0.15) is 4.98 Å². The molecule has 1 atom stereocenters. The van der Waals surface area contributed by atoms with Crippen molar-refractivity contribution in [2.75, 3.05) is 7.11 Å². The molecule has 0 aliphatic heterocycles. The normalized spacial score (nSPS) is 12.0. The van der Waals surface area contributed by atoms with Gasteiger partial charge in [0.25, 0.3) is 5.91 Å². The van der Waals surface area contributed by atoms with E-state index in [9.17, 15) is 9.59 Å². The number of aromatic nitrogens is 2. The van der Waals surface area contributed by atoms with Crippen molar-refractivity contribution in [3.63, 3.8) is 0 Å². The van der Waals surface area contributed by atoms with Crippen LogP contribution in [0.1, 0.15) is 42.2 Å². The molecule has 8 heteroatoms. The Labute approximate surface area is 120 Å². The molecular formula is C13H15N3O5. The second-order valence-electron chi connectivity index (χ2n) is 4.27. The number of methoxy groups -OCH3 is 1. The van der Waals surface area contributed by atoms with Gasteiger partial charge in [0.2, 0.25) is 17.1 Å². The smallest absolute Gasteiger partial charge is 0.287 e. The number of amides is 1. The fourth-order valence-electron chi connectivity index (χ4n) is 1.58. The number of ether oxygens (including phenoxy) is 1. The van der Waals surface area contributed by atoms with Crippen LogP contribution in [0.15, 0.2) is 26.1 Å². The number of carbonyl (C=O) groups is 1. The van der Waals surface area contributed by atoms with Crippen LogP contribution in [0.3, 0.4) is 0 Å². The number of nitrogens with one attached hydrogen (secondary N) is 1. The summed E-state index contributed by atoms with van der Waals surface area (Å²) in [6.45, 7) is 3.58. The van der Waals surface area contributed by atoms with Crippen molar-refractivity contribution in [1.82, 2.24) is 15.5 Å². The van der Waals surface area contributed by atoms with Crippen LogP contribution in [-0.4, -0.2) is 23.2 Å². The molecule has 2 heterocycles. The van der Waals surface area contributed by atoms with Crippen LogP contribution < -0.4 is 15.5 Å². The number of carbonyl (C=O) groups excluding carboxylic acids is 1. The molecule has 0 saturated heterocycles. The second kappa shape index (κ2) is 6.21. The molecule has 1 N–H and O–H groups in total. The molecule has 0 radical (unpaired) electrons. The Morgan fingerprint density at radius 1 is 1.52 bits per heavy atom. The van der Waals surface area contributed by atoms with Crippen molar-refractivity contribution in [3.05, 3.63) is 40.0 Å². The monoisotopic (exact) mass is 293 g/mol. The second-order valence-corrected chi connectivity index (χ2v) is 4.27. The Morgan fingerprint density at radius 2 is 2.29 bits per heavy atom. The number of nitrogens with zero attached hydrogens (tertiary/aromatic N) is 2. The molecule has 0 aliphatic rings. The van der Waals surface area contributed by atoms with Gasteiger partial charge in [0, 0.05) is 12.5 Å². The van der Waals surface area contributed by atoms with Gasteiger partial charge >= 0.3 is 0 Å². The molecule has 2 aromatic rings. The summed E-state index contributed by atoms with van der Waals surface area (Å²) in [7, 11) is 1.34. The number of hydrogen-bond acceptors (Lipinski definition) is 7. The Morgan fingerprint density at radius 3 is 2.86 bits per heavy atom. The number of hydrogen-bond donors (Lipinski definition) is 1. The maximum Gasteiger partial charge on any atom is 0.287 e. The highest BCUT2D eigenvalue weighted by Crippen LogP contribution is 2.11. The lowest BCUT2D eigenvalue weighted by molar-refractivity contribution is 0.0901. The van der Waals surface area contributed by atoms with Gasteiger partial charge in [-0.25, -0.2) is 0 Å². The van der Waals surface area contributed by atoms with Gasteiger partial charge in [0.1, 0.15) is 12.3 Å². The molecule has 2 aromatic heterocycles. The molecule has 0 aliphatic carbocycles. The van der Waals surface area contributed by atoms with Gasteiger partial charge in [-0.1, -0.05) is 12.1 Å². The Bertz CT molecular complexity index is 691. The van der Waals surface area contributed by atoms with Gasteiger partial charge in [-0.3, -0.25) is 9.59 Å². The SMILES string of the molecule is CCc1noc(C(C)NC(=O)c2cc(=O)c(OC)co2)n1. The third-order valence-corrected chi connectivity index (χ3v) is 2.76. The summed E-state index contributed by atoms with van der Waals surface area (Å²) in [6, 6.07) is 0.560. The first-order valence-electron chi connectivity index (χ1n) is 6.35. The van der Waals surface area contributed by atoms with E-state index in [1.54, 1.807) is 6.92 Å². The highest BCUT2D eigenvalue weighted by atomic mass is 16.5. The summed E-state index contributed by atoms with van der Waals surface area (Å²) < 4.78 is 14.9. The van der Waals surface area contributed by atoms with E-state index >= 15 is 0 Å². The predicted octanol–water partition coefficient (Wildman–Crippen LogP) is 1.08. The molecule has 21 heavy (non-hydrogen) atoms. The number of aryl methyl sites for hydroxylation is 1. The van der Waals surface area contributed by atoms with Crippen molar-refractivity contribution < 1.29 is 18.5 Å². The molecule has 1 unspecified atom stereocenters. The third kappa shape index (κ3) is 3.28. The molecule has 8 nitrogen and oxygen atoms in total. The van der Waals surface area contributed by atoms with Crippen LogP contribution >= 0.6 is 0 Å². The van der Waals surface area contributed by atoms with Crippen LogP contribution in [0.5, 0.6) is 5.75 Å². The Kier molecular flexibility index (Phi) is 4.36. The molecular weight excluding hydrogens is 278 g/mol. The molecule has 0 bridgehead atoms. The van der Waals surface area contributed by atoms with Crippen molar-refractivity contribution in [3.8, 4) is 5.75 Å². The van der Waals surface area contributed by atoms with E-state index in [1.807, 2.05) is 6.92 Å². The first-order valence-corrected chi connectivity index (χ1v) is 6.35. The van der Waals surface area contributed by atoms with Crippen LogP contribution in [0, 0.1) is 0 Å². The van der Waals surface area contributed by atoms with Crippen LogP contribution in [0.25, 0.3) is 0 Å². The van der Waals surface area contributed by atoms with E-state index < -0.39 is 17.4 Å². The minimum Gasteiger partial charge on any atom is -0.490 e. The lowest BCUT2D eigenvalue weighted by Crippen LogP contribution is -2.27. The largest absolute Gasteiger partial charge is 0.490 e. The summed E-state index contributed by atoms with van der Waals surface area (Å²) in [5.74, 6) is 0.198. The third-order valence-electron chi connectivity index (χ3n) is 2.76. The van der Waals surface area contributed by atoms with Crippen molar-refractivity contribution in [1.29, 1.82) is 0 Å². The van der Waals surface area contributed by atoms with Gasteiger partial charge in [0.15, 0.2) is 11.6 Å². The minimum absolute atomic E-state index is 0.0316. The maximum absolute atomic E-state index is 12.0. The van der Waals surface area contributed by atoms with Crippen molar-refractivity contribution in [2.45, 2.75) is 26.3 Å². The van der Waals surface area contributed by atoms with Crippen LogP contribution in [-0.2, 0) is 6.42 Å². The summed E-state index contributed by atoms with van der Waals surface area (Å²) in [6.07, 6.45) is 1.72. The highest BCUT2D eigenvalue weighted by Gasteiger charge is 2.19. The van der Waals surface area contributed by atoms with Crippen LogP contribution in [0.2, 0.25) is 0 Å². The fourth-order valence-corrected chi connectivity index (χ4v) is 1.58. The van der Waals surface area contributed by atoms with Gasteiger partial charge in [-0.15, -0.1) is 0 Å². The lowest BCUT2D eigenvalue weighted by atomic mass is 10.3. The molecule has 0 spiro atoms. The zero-order valence-corrected chi connectivity index (χ0v) is 11.9. The molecule has 112 valence electrons. The van der Waals surface area contributed by atoms with E-state index in [4.69, 9.17) is 13.7 Å². The quantitative estimate of drug-likeness (QED) is 0.878. The molecule has 0 aromatic carbocycles. The predicted molar refractivity (Wildman–Crippen MR) is 71.1 cm³/mol. The first-order chi connectivity index (χ1) is 10.0. The molecule has 0 saturated carbocycles. The summed E-state index contributed by atoms with van der Waals surface area (Å²) >= 11 is 0. The average molecular weight is 293 g/mol. The van der Waals surface area contributed by atoms with Crippen molar-refractivity contribution >= 4 is 5.91 Å². The fraction of sp³-hybridized carbons (Fsp3) is 0.385. The Balaban J connectivity index is 2.10.